The summed E-state index contributed by atoms with van der Waals surface area (Å²) in [6, 6.07) is 10.7. The Labute approximate surface area is 173 Å². The van der Waals surface area contributed by atoms with Gasteiger partial charge in [-0.1, -0.05) is 12.1 Å². The fourth-order valence-electron chi connectivity index (χ4n) is 3.49. The van der Waals surface area contributed by atoms with Gasteiger partial charge >= 0.3 is 5.97 Å². The molecular formula is C22H24F2N2O4. The average Bonchev–Trinajstić information content (AvgIpc) is 3.11. The van der Waals surface area contributed by atoms with Crippen LogP contribution in [0.4, 0.5) is 14.6 Å². The SMILES string of the molecule is CC(C(=O)O)c1ccc(O[C@@H]2CCN(c3ccc(OCC4CC4(F)F)cn3)C2)cc1. The first kappa shape index (κ1) is 20.4. The molecule has 4 rings (SSSR count). The second-order valence-electron chi connectivity index (χ2n) is 7.93. The highest BCUT2D eigenvalue weighted by atomic mass is 19.3. The second kappa shape index (κ2) is 8.08. The van der Waals surface area contributed by atoms with Gasteiger partial charge in [-0.2, -0.15) is 0 Å². The van der Waals surface area contributed by atoms with Crippen LogP contribution in [0.15, 0.2) is 42.6 Å². The van der Waals surface area contributed by atoms with Gasteiger partial charge in [-0.3, -0.25) is 4.79 Å². The van der Waals surface area contributed by atoms with Crippen LogP contribution in [0, 0.1) is 5.92 Å². The number of anilines is 1. The molecule has 6 nitrogen and oxygen atoms in total. The van der Waals surface area contributed by atoms with Crippen molar-refractivity contribution in [1.82, 2.24) is 4.98 Å². The molecule has 2 fully saturated rings. The van der Waals surface area contributed by atoms with Crippen LogP contribution < -0.4 is 14.4 Å². The van der Waals surface area contributed by atoms with Crippen molar-refractivity contribution in [2.24, 2.45) is 5.92 Å². The molecule has 0 radical (unpaired) electrons. The predicted octanol–water partition coefficient (Wildman–Crippen LogP) is 3.96. The Morgan fingerprint density at radius 3 is 2.57 bits per heavy atom. The first-order chi connectivity index (χ1) is 14.3. The van der Waals surface area contributed by atoms with Crippen molar-refractivity contribution in [2.75, 3.05) is 24.6 Å². The van der Waals surface area contributed by atoms with Gasteiger partial charge in [0.2, 0.25) is 0 Å². The van der Waals surface area contributed by atoms with Crippen LogP contribution in [-0.2, 0) is 4.79 Å². The van der Waals surface area contributed by atoms with E-state index in [0.717, 1.165) is 24.3 Å². The lowest BCUT2D eigenvalue weighted by molar-refractivity contribution is -0.138. The number of alkyl halides is 2. The van der Waals surface area contributed by atoms with E-state index in [1.807, 2.05) is 6.07 Å². The van der Waals surface area contributed by atoms with Gasteiger partial charge in [-0.15, -0.1) is 0 Å². The highest BCUT2D eigenvalue weighted by Gasteiger charge is 2.57. The summed E-state index contributed by atoms with van der Waals surface area (Å²) in [6.45, 7) is 3.13. The van der Waals surface area contributed by atoms with Crippen LogP contribution >= 0.6 is 0 Å². The van der Waals surface area contributed by atoms with Crippen LogP contribution in [-0.4, -0.2) is 47.8 Å². The zero-order valence-corrected chi connectivity index (χ0v) is 16.6. The van der Waals surface area contributed by atoms with Crippen molar-refractivity contribution in [3.63, 3.8) is 0 Å². The fourth-order valence-corrected chi connectivity index (χ4v) is 3.49. The van der Waals surface area contributed by atoms with Crippen LogP contribution in [0.3, 0.4) is 0 Å². The summed E-state index contributed by atoms with van der Waals surface area (Å²) >= 11 is 0. The Kier molecular flexibility index (Phi) is 5.49. The van der Waals surface area contributed by atoms with E-state index in [1.54, 1.807) is 43.5 Å². The van der Waals surface area contributed by atoms with Crippen molar-refractivity contribution in [1.29, 1.82) is 0 Å². The summed E-state index contributed by atoms with van der Waals surface area (Å²) < 4.78 is 37.2. The smallest absolute Gasteiger partial charge is 0.310 e. The molecule has 1 aliphatic heterocycles. The third kappa shape index (κ3) is 4.63. The molecule has 2 aromatic rings. The molecule has 2 heterocycles. The molecule has 2 aliphatic rings. The van der Waals surface area contributed by atoms with Crippen molar-refractivity contribution >= 4 is 11.8 Å². The number of aromatic nitrogens is 1. The van der Waals surface area contributed by atoms with Gasteiger partial charge in [0.25, 0.3) is 5.92 Å². The van der Waals surface area contributed by atoms with E-state index in [0.29, 0.717) is 18.0 Å². The normalized spacial score (nSPS) is 23.1. The number of rotatable bonds is 8. The highest BCUT2D eigenvalue weighted by molar-refractivity contribution is 5.75. The summed E-state index contributed by atoms with van der Waals surface area (Å²) in [7, 11) is 0. The van der Waals surface area contributed by atoms with Crippen molar-refractivity contribution in [3.8, 4) is 11.5 Å². The molecule has 1 aromatic carbocycles. The first-order valence-corrected chi connectivity index (χ1v) is 10.0. The molecule has 0 bridgehead atoms. The quantitative estimate of drug-likeness (QED) is 0.700. The molecule has 1 aromatic heterocycles. The Morgan fingerprint density at radius 1 is 1.27 bits per heavy atom. The van der Waals surface area contributed by atoms with Gasteiger partial charge in [0, 0.05) is 19.4 Å². The predicted molar refractivity (Wildman–Crippen MR) is 107 cm³/mol. The molecule has 1 saturated carbocycles. The Hall–Kier alpha value is -2.90. The lowest BCUT2D eigenvalue weighted by atomic mass is 10.0. The van der Waals surface area contributed by atoms with E-state index < -0.39 is 23.7 Å². The molecular weight excluding hydrogens is 394 g/mol. The van der Waals surface area contributed by atoms with E-state index >= 15 is 0 Å². The minimum absolute atomic E-state index is 0.00238. The maximum atomic E-state index is 12.9. The maximum absolute atomic E-state index is 12.9. The molecule has 8 heteroatoms. The van der Waals surface area contributed by atoms with Crippen LogP contribution in [0.1, 0.15) is 31.2 Å². The molecule has 1 saturated heterocycles. The van der Waals surface area contributed by atoms with E-state index in [2.05, 4.69) is 9.88 Å². The molecule has 2 unspecified atom stereocenters. The number of hydrogen-bond donors (Lipinski definition) is 1. The Morgan fingerprint density at radius 2 is 1.97 bits per heavy atom. The van der Waals surface area contributed by atoms with Crippen LogP contribution in [0.2, 0.25) is 0 Å². The number of carboxylic acid groups (broad SMARTS) is 1. The van der Waals surface area contributed by atoms with Gasteiger partial charge < -0.3 is 19.5 Å². The van der Waals surface area contributed by atoms with Crippen molar-refractivity contribution in [2.45, 2.75) is 37.7 Å². The molecule has 3 atom stereocenters. The summed E-state index contributed by atoms with van der Waals surface area (Å²) in [5, 5.41) is 9.09. The van der Waals surface area contributed by atoms with Gasteiger partial charge in [-0.05, 0) is 36.8 Å². The summed E-state index contributed by atoms with van der Waals surface area (Å²) in [5.41, 5.74) is 0.736. The molecule has 0 spiro atoms. The number of carbonyl (C=O) groups is 1. The molecule has 30 heavy (non-hydrogen) atoms. The number of halogens is 2. The van der Waals surface area contributed by atoms with Crippen LogP contribution in [0.25, 0.3) is 0 Å². The summed E-state index contributed by atoms with van der Waals surface area (Å²) in [6.07, 6.45) is 2.30. The monoisotopic (exact) mass is 418 g/mol. The van der Waals surface area contributed by atoms with E-state index in [1.165, 1.54) is 0 Å². The number of hydrogen-bond acceptors (Lipinski definition) is 5. The molecule has 1 aliphatic carbocycles. The number of nitrogens with zero attached hydrogens (tertiary/aromatic N) is 2. The van der Waals surface area contributed by atoms with E-state index in [4.69, 9.17) is 14.6 Å². The van der Waals surface area contributed by atoms with E-state index in [-0.39, 0.29) is 19.1 Å². The van der Waals surface area contributed by atoms with Gasteiger partial charge in [-0.25, -0.2) is 13.8 Å². The lowest BCUT2D eigenvalue weighted by Crippen LogP contribution is -2.25. The largest absolute Gasteiger partial charge is 0.491 e. The lowest BCUT2D eigenvalue weighted by Gasteiger charge is -2.18. The average molecular weight is 418 g/mol. The second-order valence-corrected chi connectivity index (χ2v) is 7.93. The Bertz CT molecular complexity index is 889. The summed E-state index contributed by atoms with van der Waals surface area (Å²) in [4.78, 5) is 17.6. The summed E-state index contributed by atoms with van der Waals surface area (Å²) in [5.74, 6) is -2.69. The Balaban J connectivity index is 1.27. The first-order valence-electron chi connectivity index (χ1n) is 10.0. The van der Waals surface area contributed by atoms with Crippen LogP contribution in [0.5, 0.6) is 11.5 Å². The number of aliphatic carboxylic acids is 1. The van der Waals surface area contributed by atoms with Gasteiger partial charge in [0.05, 0.1) is 31.2 Å². The maximum Gasteiger partial charge on any atom is 0.310 e. The third-order valence-corrected chi connectivity index (χ3v) is 5.65. The molecule has 1 N–H and O–H groups in total. The minimum atomic E-state index is -2.58. The van der Waals surface area contributed by atoms with Gasteiger partial charge in [0.15, 0.2) is 0 Å². The number of pyridine rings is 1. The fraction of sp³-hybridized carbons (Fsp3) is 0.455. The molecule has 0 amide bonds. The number of carboxylic acids is 1. The number of ether oxygens (including phenoxy) is 2. The van der Waals surface area contributed by atoms with E-state index in [9.17, 15) is 13.6 Å². The highest BCUT2D eigenvalue weighted by Crippen LogP contribution is 2.48. The third-order valence-electron chi connectivity index (χ3n) is 5.65. The van der Waals surface area contributed by atoms with Gasteiger partial charge in [0.1, 0.15) is 23.4 Å². The van der Waals surface area contributed by atoms with Crippen molar-refractivity contribution in [3.05, 3.63) is 48.2 Å². The zero-order chi connectivity index (χ0) is 21.3. The minimum Gasteiger partial charge on any atom is -0.491 e. The zero-order valence-electron chi connectivity index (χ0n) is 16.6. The van der Waals surface area contributed by atoms with Crippen molar-refractivity contribution < 1.29 is 28.2 Å². The topological polar surface area (TPSA) is 71.9 Å². The standard InChI is InChI=1S/C22H24F2N2O4/c1-14(21(27)28)15-2-4-17(5-3-15)30-19-8-9-26(12-19)20-7-6-18(11-25-20)29-13-16-10-22(16,23)24/h2-7,11,14,16,19H,8-10,12-13H2,1H3,(H,27,28)/t14?,16?,19-/m1/s1. The number of benzene rings is 1. The molecule has 160 valence electrons.